The topological polar surface area (TPSA) is 114 Å². The summed E-state index contributed by atoms with van der Waals surface area (Å²) in [7, 11) is 0. The second-order valence-corrected chi connectivity index (χ2v) is 10.3. The van der Waals surface area contributed by atoms with Gasteiger partial charge in [0, 0.05) is 29.1 Å². The summed E-state index contributed by atoms with van der Waals surface area (Å²) in [5.41, 5.74) is 3.34. The van der Waals surface area contributed by atoms with Crippen molar-refractivity contribution in [2.24, 2.45) is 0 Å². The monoisotopic (exact) mass is 506 g/mol. The first-order valence-corrected chi connectivity index (χ1v) is 12.5. The van der Waals surface area contributed by atoms with E-state index in [-0.39, 0.29) is 17.5 Å². The summed E-state index contributed by atoms with van der Waals surface area (Å²) in [4.78, 5) is 40.5. The molecule has 1 heterocycles. The fourth-order valence-corrected chi connectivity index (χ4v) is 5.66. The fraction of sp³-hybridized carbons (Fsp3) is 0.160. The van der Waals surface area contributed by atoms with E-state index in [9.17, 15) is 19.7 Å². The number of carbonyl (C=O) groups is 2. The Morgan fingerprint density at radius 1 is 1.06 bits per heavy atom. The molecule has 0 fully saturated rings. The Morgan fingerprint density at radius 2 is 1.83 bits per heavy atom. The Morgan fingerprint density at radius 3 is 2.57 bits per heavy atom. The number of nitrogens with zero attached hydrogens (tertiary/aromatic N) is 2. The van der Waals surface area contributed by atoms with E-state index in [1.54, 1.807) is 18.2 Å². The van der Waals surface area contributed by atoms with Crippen LogP contribution in [0.5, 0.6) is 0 Å². The quantitative estimate of drug-likeness (QED) is 0.165. The van der Waals surface area contributed by atoms with Crippen molar-refractivity contribution in [2.45, 2.75) is 29.9 Å². The third-order valence-corrected chi connectivity index (χ3v) is 7.61. The first-order valence-electron chi connectivity index (χ1n) is 10.8. The average Bonchev–Trinajstić information content (AvgIpc) is 3.24. The molecule has 1 aromatic heterocycles. The van der Waals surface area contributed by atoms with Crippen molar-refractivity contribution in [3.8, 4) is 0 Å². The molecule has 4 aromatic rings. The highest BCUT2D eigenvalue weighted by molar-refractivity contribution is 8.02. The molecular weight excluding hydrogens is 484 g/mol. The van der Waals surface area contributed by atoms with E-state index >= 15 is 0 Å². The summed E-state index contributed by atoms with van der Waals surface area (Å²) in [6.45, 7) is 3.84. The van der Waals surface area contributed by atoms with E-state index in [0.29, 0.717) is 23.4 Å². The zero-order chi connectivity index (χ0) is 24.9. The Balaban J connectivity index is 1.45. The normalized spacial score (nSPS) is 11.7. The van der Waals surface area contributed by atoms with Crippen molar-refractivity contribution in [1.82, 2.24) is 4.98 Å². The third kappa shape index (κ3) is 6.03. The summed E-state index contributed by atoms with van der Waals surface area (Å²) >= 11 is 2.79. The molecule has 178 valence electrons. The minimum absolute atomic E-state index is 0.0834. The van der Waals surface area contributed by atoms with Crippen molar-refractivity contribution in [3.05, 3.63) is 88.0 Å². The molecular formula is C25H22N4O4S2. The molecule has 3 aromatic carbocycles. The third-order valence-electron chi connectivity index (χ3n) is 5.14. The minimum atomic E-state index is -0.500. The number of nitro benzene ring substituents is 1. The smallest absolute Gasteiger partial charge is 0.271 e. The molecule has 1 unspecified atom stereocenters. The number of nitro groups is 1. The van der Waals surface area contributed by atoms with Gasteiger partial charge in [-0.15, -0.1) is 11.3 Å². The number of rotatable bonds is 8. The molecule has 2 N–H and O–H groups in total. The number of benzene rings is 3. The van der Waals surface area contributed by atoms with Gasteiger partial charge in [0.1, 0.15) is 0 Å². The van der Waals surface area contributed by atoms with Crippen molar-refractivity contribution >= 4 is 62.2 Å². The highest BCUT2D eigenvalue weighted by Gasteiger charge is 2.21. The minimum Gasteiger partial charge on any atom is -0.325 e. The number of hydrogen-bond donors (Lipinski definition) is 2. The van der Waals surface area contributed by atoms with E-state index in [4.69, 9.17) is 0 Å². The lowest BCUT2D eigenvalue weighted by atomic mass is 10.1. The van der Waals surface area contributed by atoms with Crippen molar-refractivity contribution < 1.29 is 14.5 Å². The number of nitrogens with one attached hydrogen (secondary N) is 2. The van der Waals surface area contributed by atoms with Crippen LogP contribution in [-0.4, -0.2) is 27.0 Å². The molecule has 0 spiro atoms. The Hall–Kier alpha value is -3.76. The van der Waals surface area contributed by atoms with E-state index in [1.165, 1.54) is 41.3 Å². The Kier molecular flexibility index (Phi) is 7.42. The van der Waals surface area contributed by atoms with E-state index in [2.05, 4.69) is 15.6 Å². The largest absolute Gasteiger partial charge is 0.325 e. The van der Waals surface area contributed by atoms with Gasteiger partial charge in [-0.2, -0.15) is 0 Å². The number of carbonyl (C=O) groups excluding carboxylic acids is 2. The Labute approximate surface area is 209 Å². The number of non-ortho nitro benzene ring substituents is 1. The molecule has 0 radical (unpaired) electrons. The predicted octanol–water partition coefficient (Wildman–Crippen LogP) is 6.27. The predicted molar refractivity (Wildman–Crippen MR) is 140 cm³/mol. The molecule has 0 bridgehead atoms. The van der Waals surface area contributed by atoms with Crippen LogP contribution in [0.15, 0.2) is 71.1 Å². The van der Waals surface area contributed by atoms with E-state index < -0.39 is 10.2 Å². The lowest BCUT2D eigenvalue weighted by molar-refractivity contribution is -0.384. The number of hydrogen-bond acceptors (Lipinski definition) is 7. The van der Waals surface area contributed by atoms with Gasteiger partial charge in [0.2, 0.25) is 5.91 Å². The lowest BCUT2D eigenvalue weighted by Gasteiger charge is -2.13. The fourth-order valence-electron chi connectivity index (χ4n) is 3.39. The van der Waals surface area contributed by atoms with Crippen molar-refractivity contribution in [3.63, 3.8) is 0 Å². The number of thioether (sulfide) groups is 1. The Bertz CT molecular complexity index is 1420. The van der Waals surface area contributed by atoms with Gasteiger partial charge in [-0.25, -0.2) is 4.98 Å². The highest BCUT2D eigenvalue weighted by atomic mass is 32.2. The van der Waals surface area contributed by atoms with Crippen molar-refractivity contribution in [1.29, 1.82) is 0 Å². The molecule has 0 saturated carbocycles. The molecule has 1 atom stereocenters. The summed E-state index contributed by atoms with van der Waals surface area (Å²) in [6, 6.07) is 18.8. The van der Waals surface area contributed by atoms with Crippen LogP contribution in [0.25, 0.3) is 10.2 Å². The highest BCUT2D eigenvalue weighted by Crippen LogP contribution is 2.35. The molecule has 2 amide bonds. The number of thiazole rings is 1. The molecule has 35 heavy (non-hydrogen) atoms. The second-order valence-electron chi connectivity index (χ2n) is 7.80. The molecule has 10 heteroatoms. The molecule has 0 saturated heterocycles. The van der Waals surface area contributed by atoms with Gasteiger partial charge >= 0.3 is 0 Å². The maximum Gasteiger partial charge on any atom is 0.271 e. The zero-order valence-electron chi connectivity index (χ0n) is 19.0. The molecule has 8 nitrogen and oxygen atoms in total. The van der Waals surface area contributed by atoms with Crippen LogP contribution in [0.4, 0.5) is 17.1 Å². The standard InChI is InChI=1S/C25H22N4O4S2/c1-3-21(24(31)27-17-8-5-9-19(13-17)29(32)33)34-25-28-20-11-10-18(14-22(20)35-25)26-23(30)16-7-4-6-15(2)12-16/h4-14,21H,3H2,1-2H3,(H,26,30)(H,27,31). The van der Waals surface area contributed by atoms with Gasteiger partial charge in [-0.1, -0.05) is 42.4 Å². The van der Waals surface area contributed by atoms with Gasteiger partial charge in [0.15, 0.2) is 4.34 Å². The van der Waals surface area contributed by atoms with Crippen LogP contribution in [0, 0.1) is 17.0 Å². The first-order chi connectivity index (χ1) is 16.8. The summed E-state index contributed by atoms with van der Waals surface area (Å²) < 4.78 is 1.62. The van der Waals surface area contributed by atoms with Crippen LogP contribution in [0.3, 0.4) is 0 Å². The molecule has 4 rings (SSSR count). The molecule has 0 aliphatic carbocycles. The number of aryl methyl sites for hydroxylation is 1. The molecule has 0 aliphatic rings. The van der Waals surface area contributed by atoms with Crippen LogP contribution < -0.4 is 10.6 Å². The van der Waals surface area contributed by atoms with Crippen LogP contribution in [0.1, 0.15) is 29.3 Å². The number of fused-ring (bicyclic) bond motifs is 1. The van der Waals surface area contributed by atoms with Crippen molar-refractivity contribution in [2.75, 3.05) is 10.6 Å². The maximum atomic E-state index is 12.8. The van der Waals surface area contributed by atoms with Gasteiger partial charge < -0.3 is 10.6 Å². The number of aromatic nitrogens is 1. The summed E-state index contributed by atoms with van der Waals surface area (Å²) in [6.07, 6.45) is 0.555. The van der Waals surface area contributed by atoms with Gasteiger partial charge in [-0.3, -0.25) is 19.7 Å². The van der Waals surface area contributed by atoms with Gasteiger partial charge in [0.05, 0.1) is 20.4 Å². The maximum absolute atomic E-state index is 12.8. The zero-order valence-corrected chi connectivity index (χ0v) is 20.6. The molecule has 0 aliphatic heterocycles. The summed E-state index contributed by atoms with van der Waals surface area (Å²) in [5, 5.41) is 16.2. The van der Waals surface area contributed by atoms with E-state index in [0.717, 1.165) is 20.1 Å². The first kappa shape index (κ1) is 24.4. The second kappa shape index (κ2) is 10.7. The van der Waals surface area contributed by atoms with Crippen LogP contribution in [0.2, 0.25) is 0 Å². The number of anilines is 2. The lowest BCUT2D eigenvalue weighted by Crippen LogP contribution is -2.24. The van der Waals surface area contributed by atoms with Crippen LogP contribution in [-0.2, 0) is 4.79 Å². The summed E-state index contributed by atoms with van der Waals surface area (Å²) in [5.74, 6) is -0.431. The number of amides is 2. The van der Waals surface area contributed by atoms with Gasteiger partial charge in [-0.05, 0) is 49.7 Å². The van der Waals surface area contributed by atoms with E-state index in [1.807, 2.05) is 44.2 Å². The average molecular weight is 507 g/mol. The van der Waals surface area contributed by atoms with Gasteiger partial charge in [0.25, 0.3) is 11.6 Å². The van der Waals surface area contributed by atoms with Crippen LogP contribution >= 0.6 is 23.1 Å². The SMILES string of the molecule is CCC(Sc1nc2ccc(NC(=O)c3cccc(C)c3)cc2s1)C(=O)Nc1cccc([N+](=O)[O-])c1.